The molecule has 0 fully saturated rings. The molecule has 3 aromatic heterocycles. The standard InChI is InChI=1S/C26H22F2N6/c1-17-22(28)24(29-15-13-18-8-3-2-4-9-18)32-25(31-17)23-20-11-7-14-30-26(20)34(33-23)16-19-10-5-6-12-21(19)27/h2-12,14H,13,15-16H2,1H3,(H,29,31,32). The van der Waals surface area contributed by atoms with E-state index in [1.165, 1.54) is 6.07 Å². The van der Waals surface area contributed by atoms with E-state index in [2.05, 4.69) is 25.4 Å². The van der Waals surface area contributed by atoms with Gasteiger partial charge in [-0.25, -0.2) is 28.4 Å². The quantitative estimate of drug-likeness (QED) is 0.366. The molecule has 5 rings (SSSR count). The van der Waals surface area contributed by atoms with Crippen LogP contribution in [0.25, 0.3) is 22.6 Å². The first-order chi connectivity index (χ1) is 16.6. The van der Waals surface area contributed by atoms with E-state index in [1.807, 2.05) is 36.4 Å². The Morgan fingerprint density at radius 1 is 0.912 bits per heavy atom. The van der Waals surface area contributed by atoms with E-state index >= 15 is 0 Å². The molecule has 34 heavy (non-hydrogen) atoms. The van der Waals surface area contributed by atoms with Gasteiger partial charge < -0.3 is 5.32 Å². The average molecular weight is 457 g/mol. The van der Waals surface area contributed by atoms with Crippen LogP contribution in [0.15, 0.2) is 72.9 Å². The SMILES string of the molecule is Cc1nc(-c2nn(Cc3ccccc3F)c3ncccc23)nc(NCCc2ccccc2)c1F. The van der Waals surface area contributed by atoms with Gasteiger partial charge in [-0.15, -0.1) is 0 Å². The Morgan fingerprint density at radius 2 is 1.71 bits per heavy atom. The third kappa shape index (κ3) is 4.34. The topological polar surface area (TPSA) is 68.5 Å². The lowest BCUT2D eigenvalue weighted by Gasteiger charge is -2.10. The third-order valence-corrected chi connectivity index (χ3v) is 5.56. The molecular formula is C26H22F2N6. The molecule has 0 aliphatic rings. The number of rotatable bonds is 7. The summed E-state index contributed by atoms with van der Waals surface area (Å²) in [7, 11) is 0. The van der Waals surface area contributed by atoms with Crippen LogP contribution in [-0.4, -0.2) is 31.3 Å². The van der Waals surface area contributed by atoms with Gasteiger partial charge in [0.05, 0.1) is 17.6 Å². The minimum Gasteiger partial charge on any atom is -0.367 e. The van der Waals surface area contributed by atoms with Gasteiger partial charge in [-0.2, -0.15) is 5.10 Å². The highest BCUT2D eigenvalue weighted by atomic mass is 19.1. The number of hydrogen-bond acceptors (Lipinski definition) is 5. The highest BCUT2D eigenvalue weighted by molar-refractivity contribution is 5.89. The Bertz CT molecular complexity index is 1450. The smallest absolute Gasteiger partial charge is 0.186 e. The Morgan fingerprint density at radius 3 is 2.53 bits per heavy atom. The first-order valence-electron chi connectivity index (χ1n) is 11.0. The van der Waals surface area contributed by atoms with Crippen molar-refractivity contribution in [3.63, 3.8) is 0 Å². The summed E-state index contributed by atoms with van der Waals surface area (Å²) < 4.78 is 30.7. The monoisotopic (exact) mass is 456 g/mol. The minimum atomic E-state index is -0.495. The minimum absolute atomic E-state index is 0.124. The average Bonchev–Trinajstić information content (AvgIpc) is 3.22. The summed E-state index contributed by atoms with van der Waals surface area (Å²) in [5, 5.41) is 8.45. The van der Waals surface area contributed by atoms with E-state index in [9.17, 15) is 8.78 Å². The van der Waals surface area contributed by atoms with Crippen molar-refractivity contribution in [2.45, 2.75) is 19.9 Å². The number of halogens is 2. The number of fused-ring (bicyclic) bond motifs is 1. The number of aromatic nitrogens is 5. The van der Waals surface area contributed by atoms with Gasteiger partial charge in [-0.3, -0.25) is 0 Å². The molecule has 0 bridgehead atoms. The molecule has 0 aliphatic heterocycles. The normalized spacial score (nSPS) is 11.1. The number of benzene rings is 2. The maximum atomic E-state index is 14.8. The van der Waals surface area contributed by atoms with Crippen molar-refractivity contribution in [2.75, 3.05) is 11.9 Å². The molecule has 0 radical (unpaired) electrons. The molecule has 1 N–H and O–H groups in total. The molecular weight excluding hydrogens is 434 g/mol. The van der Waals surface area contributed by atoms with Gasteiger partial charge in [-0.05, 0) is 37.1 Å². The maximum Gasteiger partial charge on any atom is 0.186 e. The number of nitrogens with zero attached hydrogens (tertiary/aromatic N) is 5. The highest BCUT2D eigenvalue weighted by Crippen LogP contribution is 2.27. The molecule has 0 aliphatic carbocycles. The molecule has 2 aromatic carbocycles. The number of nitrogens with one attached hydrogen (secondary N) is 1. The number of hydrogen-bond donors (Lipinski definition) is 1. The highest BCUT2D eigenvalue weighted by Gasteiger charge is 2.19. The fourth-order valence-electron chi connectivity index (χ4n) is 3.83. The summed E-state index contributed by atoms with van der Waals surface area (Å²) in [4.78, 5) is 13.2. The van der Waals surface area contributed by atoms with Crippen LogP contribution in [0.4, 0.5) is 14.6 Å². The molecule has 0 saturated carbocycles. The van der Waals surface area contributed by atoms with Crippen molar-refractivity contribution < 1.29 is 8.78 Å². The number of pyridine rings is 1. The van der Waals surface area contributed by atoms with Crippen molar-refractivity contribution in [1.82, 2.24) is 24.7 Å². The van der Waals surface area contributed by atoms with E-state index < -0.39 is 5.82 Å². The van der Waals surface area contributed by atoms with Gasteiger partial charge in [0.15, 0.2) is 23.1 Å². The Labute approximate surface area is 195 Å². The van der Waals surface area contributed by atoms with Crippen LogP contribution in [0.1, 0.15) is 16.8 Å². The Kier molecular flexibility index (Phi) is 5.95. The summed E-state index contributed by atoms with van der Waals surface area (Å²) in [5.74, 6) is -0.405. The summed E-state index contributed by atoms with van der Waals surface area (Å²) in [6.45, 7) is 2.31. The fraction of sp³-hybridized carbons (Fsp3) is 0.154. The molecule has 0 saturated heterocycles. The Balaban J connectivity index is 1.49. The zero-order chi connectivity index (χ0) is 23.5. The molecule has 0 unspecified atom stereocenters. The molecule has 0 spiro atoms. The van der Waals surface area contributed by atoms with Crippen molar-refractivity contribution in [2.24, 2.45) is 0 Å². The van der Waals surface area contributed by atoms with E-state index in [0.29, 0.717) is 28.8 Å². The van der Waals surface area contributed by atoms with Gasteiger partial charge >= 0.3 is 0 Å². The van der Waals surface area contributed by atoms with E-state index in [0.717, 1.165) is 12.0 Å². The molecule has 3 heterocycles. The third-order valence-electron chi connectivity index (χ3n) is 5.56. The lowest BCUT2D eigenvalue weighted by Crippen LogP contribution is -2.11. The van der Waals surface area contributed by atoms with Crippen molar-refractivity contribution >= 4 is 16.9 Å². The van der Waals surface area contributed by atoms with Crippen molar-refractivity contribution in [3.8, 4) is 11.5 Å². The second-order valence-electron chi connectivity index (χ2n) is 7.93. The molecule has 170 valence electrons. The summed E-state index contributed by atoms with van der Waals surface area (Å²) in [6.07, 6.45) is 2.38. The molecule has 6 nitrogen and oxygen atoms in total. The summed E-state index contributed by atoms with van der Waals surface area (Å²) >= 11 is 0. The van der Waals surface area contributed by atoms with Crippen molar-refractivity contribution in [1.29, 1.82) is 0 Å². The van der Waals surface area contributed by atoms with Crippen LogP contribution in [0.3, 0.4) is 0 Å². The van der Waals surface area contributed by atoms with Crippen molar-refractivity contribution in [3.05, 3.63) is 101 Å². The zero-order valence-electron chi connectivity index (χ0n) is 18.5. The first kappa shape index (κ1) is 21.6. The second-order valence-corrected chi connectivity index (χ2v) is 7.93. The van der Waals surface area contributed by atoms with Crippen LogP contribution in [0.2, 0.25) is 0 Å². The second kappa shape index (κ2) is 9.35. The Hall–Kier alpha value is -4.20. The van der Waals surface area contributed by atoms with Crippen LogP contribution in [0.5, 0.6) is 0 Å². The van der Waals surface area contributed by atoms with Gasteiger partial charge in [0, 0.05) is 18.3 Å². The van der Waals surface area contributed by atoms with Crippen LogP contribution in [0, 0.1) is 18.6 Å². The van der Waals surface area contributed by atoms with E-state index in [4.69, 9.17) is 0 Å². The summed E-state index contributed by atoms with van der Waals surface area (Å²) in [5.41, 5.74) is 2.89. The fourth-order valence-corrected chi connectivity index (χ4v) is 3.83. The largest absolute Gasteiger partial charge is 0.367 e. The van der Waals surface area contributed by atoms with E-state index in [1.54, 1.807) is 42.1 Å². The maximum absolute atomic E-state index is 14.8. The van der Waals surface area contributed by atoms with Crippen LogP contribution in [-0.2, 0) is 13.0 Å². The predicted molar refractivity (Wildman–Crippen MR) is 127 cm³/mol. The number of anilines is 1. The molecule has 8 heteroatoms. The molecule has 0 atom stereocenters. The van der Waals surface area contributed by atoms with Gasteiger partial charge in [0.2, 0.25) is 0 Å². The van der Waals surface area contributed by atoms with Crippen LogP contribution >= 0.6 is 0 Å². The van der Waals surface area contributed by atoms with Crippen LogP contribution < -0.4 is 5.32 Å². The summed E-state index contributed by atoms with van der Waals surface area (Å²) in [6, 6.07) is 20.1. The molecule has 5 aromatic rings. The van der Waals surface area contributed by atoms with Gasteiger partial charge in [-0.1, -0.05) is 48.5 Å². The van der Waals surface area contributed by atoms with Gasteiger partial charge in [0.25, 0.3) is 0 Å². The van der Waals surface area contributed by atoms with Gasteiger partial charge in [0.1, 0.15) is 11.5 Å². The lowest BCUT2D eigenvalue weighted by atomic mass is 10.1. The number of aryl methyl sites for hydroxylation is 1. The van der Waals surface area contributed by atoms with E-state index in [-0.39, 0.29) is 29.7 Å². The molecule has 0 amide bonds. The zero-order valence-corrected chi connectivity index (χ0v) is 18.5. The predicted octanol–water partition coefficient (Wildman–Crippen LogP) is 5.18. The lowest BCUT2D eigenvalue weighted by molar-refractivity contribution is 0.589. The first-order valence-corrected chi connectivity index (χ1v) is 11.0.